The Hall–Kier alpha value is -2.82. The molecule has 0 amide bonds. The fourth-order valence-corrected chi connectivity index (χ4v) is 3.28. The first-order valence-corrected chi connectivity index (χ1v) is 8.02. The van der Waals surface area contributed by atoms with E-state index in [1.807, 2.05) is 6.07 Å². The summed E-state index contributed by atoms with van der Waals surface area (Å²) < 4.78 is 0. The first-order chi connectivity index (χ1) is 11.4. The zero-order valence-electron chi connectivity index (χ0n) is 12.9. The van der Waals surface area contributed by atoms with Gasteiger partial charge in [-0.25, -0.2) is 0 Å². The fourth-order valence-electron chi connectivity index (χ4n) is 3.28. The first kappa shape index (κ1) is 13.8. The zero-order chi connectivity index (χ0) is 15.5. The maximum Gasteiger partial charge on any atom is 0.0529 e. The second-order valence-electron chi connectivity index (χ2n) is 5.99. The summed E-state index contributed by atoms with van der Waals surface area (Å²) in [6, 6.07) is 31.9. The smallest absolute Gasteiger partial charge is 0.0529 e. The predicted molar refractivity (Wildman–Crippen MR) is 96.2 cm³/mol. The van der Waals surface area contributed by atoms with Gasteiger partial charge in [-0.05, 0) is 34.8 Å². The Morgan fingerprint density at radius 3 is 1.65 bits per heavy atom. The van der Waals surface area contributed by atoms with Crippen molar-refractivity contribution in [3.8, 4) is 0 Å². The van der Waals surface area contributed by atoms with Crippen LogP contribution in [-0.4, -0.2) is 0 Å². The average molecular weight is 294 g/mol. The van der Waals surface area contributed by atoms with Crippen molar-refractivity contribution in [3.05, 3.63) is 119 Å². The van der Waals surface area contributed by atoms with Crippen molar-refractivity contribution in [2.75, 3.05) is 0 Å². The van der Waals surface area contributed by atoms with E-state index in [1.165, 1.54) is 22.3 Å². The van der Waals surface area contributed by atoms with E-state index in [0.29, 0.717) is 0 Å². The van der Waals surface area contributed by atoms with Gasteiger partial charge in [-0.1, -0.05) is 91.0 Å². The molecule has 0 heteroatoms. The van der Waals surface area contributed by atoms with Crippen molar-refractivity contribution >= 4 is 6.08 Å². The molecule has 1 fully saturated rings. The van der Waals surface area contributed by atoms with Crippen LogP contribution in [0.3, 0.4) is 0 Å². The highest BCUT2D eigenvalue weighted by atomic mass is 14.5. The third-order valence-corrected chi connectivity index (χ3v) is 4.58. The number of rotatable bonds is 3. The molecule has 0 atom stereocenters. The maximum absolute atomic E-state index is 3.55. The Balaban J connectivity index is 1.80. The van der Waals surface area contributed by atoms with Gasteiger partial charge in [0.05, 0.1) is 5.41 Å². The van der Waals surface area contributed by atoms with Crippen LogP contribution in [-0.2, 0) is 5.41 Å². The van der Waals surface area contributed by atoms with Crippen molar-refractivity contribution in [3.63, 3.8) is 0 Å². The monoisotopic (exact) mass is 294 g/mol. The lowest BCUT2D eigenvalue weighted by molar-refractivity contribution is 0.881. The van der Waals surface area contributed by atoms with E-state index < -0.39 is 0 Å². The number of benzene rings is 3. The minimum Gasteiger partial charge on any atom is -0.120 e. The summed E-state index contributed by atoms with van der Waals surface area (Å²) in [5.74, 6) is 0. The van der Waals surface area contributed by atoms with Gasteiger partial charge >= 0.3 is 0 Å². The van der Waals surface area contributed by atoms with E-state index in [1.54, 1.807) is 0 Å². The summed E-state index contributed by atoms with van der Waals surface area (Å²) in [6.45, 7) is 0. The molecule has 0 radical (unpaired) electrons. The lowest BCUT2D eigenvalue weighted by Crippen LogP contribution is -2.08. The molecule has 0 nitrogen and oxygen atoms in total. The molecule has 0 aliphatic heterocycles. The van der Waals surface area contributed by atoms with Crippen LogP contribution in [0.15, 0.2) is 102 Å². The molecule has 1 aliphatic rings. The molecule has 3 aromatic rings. The Labute approximate surface area is 137 Å². The van der Waals surface area contributed by atoms with Crippen LogP contribution in [0, 0.1) is 0 Å². The van der Waals surface area contributed by atoms with Gasteiger partial charge in [0.25, 0.3) is 0 Å². The van der Waals surface area contributed by atoms with Gasteiger partial charge in [0.15, 0.2) is 0 Å². The van der Waals surface area contributed by atoms with Crippen LogP contribution < -0.4 is 0 Å². The predicted octanol–water partition coefficient (Wildman–Crippen LogP) is 5.62. The lowest BCUT2D eigenvalue weighted by Gasteiger charge is -2.15. The summed E-state index contributed by atoms with van der Waals surface area (Å²) in [5, 5.41) is 0. The van der Waals surface area contributed by atoms with E-state index >= 15 is 0 Å². The highest BCUT2D eigenvalue weighted by molar-refractivity contribution is 5.62. The van der Waals surface area contributed by atoms with Crippen LogP contribution in [0.1, 0.15) is 23.1 Å². The SMILES string of the molecule is C(=Cc1ccccc1)=C1CC1(c1ccccc1)c1ccccc1. The standard InChI is InChI=1S/C23H18/c1-4-10-19(11-5-1)16-17-22-18-23(22,20-12-6-2-7-13-20)21-14-8-3-9-15-21/h1-16H,18H2. The number of allylic oxidation sites excluding steroid dienone is 1. The molecule has 110 valence electrons. The Morgan fingerprint density at radius 1 is 0.652 bits per heavy atom. The van der Waals surface area contributed by atoms with Gasteiger partial charge in [0, 0.05) is 0 Å². The molecule has 0 heterocycles. The van der Waals surface area contributed by atoms with Gasteiger partial charge < -0.3 is 0 Å². The maximum atomic E-state index is 3.55. The summed E-state index contributed by atoms with van der Waals surface area (Å²) in [6.07, 6.45) is 3.15. The van der Waals surface area contributed by atoms with E-state index in [4.69, 9.17) is 0 Å². The zero-order valence-corrected chi connectivity index (χ0v) is 12.9. The molecule has 0 bridgehead atoms. The molecule has 0 spiro atoms. The van der Waals surface area contributed by atoms with Crippen LogP contribution in [0.2, 0.25) is 0 Å². The van der Waals surface area contributed by atoms with Crippen molar-refractivity contribution in [2.24, 2.45) is 0 Å². The van der Waals surface area contributed by atoms with Gasteiger partial charge in [0.2, 0.25) is 0 Å². The van der Waals surface area contributed by atoms with Gasteiger partial charge in [-0.3, -0.25) is 0 Å². The molecular formula is C23H18. The quantitative estimate of drug-likeness (QED) is 0.550. The third-order valence-electron chi connectivity index (χ3n) is 4.58. The topological polar surface area (TPSA) is 0 Å². The molecule has 1 aliphatic carbocycles. The van der Waals surface area contributed by atoms with E-state index in [2.05, 4.69) is 96.7 Å². The number of hydrogen-bond acceptors (Lipinski definition) is 0. The largest absolute Gasteiger partial charge is 0.120 e. The second kappa shape index (κ2) is 5.76. The highest BCUT2D eigenvalue weighted by Gasteiger charge is 2.51. The second-order valence-corrected chi connectivity index (χ2v) is 5.99. The van der Waals surface area contributed by atoms with Crippen molar-refractivity contribution < 1.29 is 0 Å². The highest BCUT2D eigenvalue weighted by Crippen LogP contribution is 2.57. The Morgan fingerprint density at radius 2 is 1.13 bits per heavy atom. The van der Waals surface area contributed by atoms with Crippen molar-refractivity contribution in [2.45, 2.75) is 11.8 Å². The van der Waals surface area contributed by atoms with Gasteiger partial charge in [-0.2, -0.15) is 0 Å². The summed E-state index contributed by atoms with van der Waals surface area (Å²) in [4.78, 5) is 0. The summed E-state index contributed by atoms with van der Waals surface area (Å²) in [5.41, 5.74) is 8.83. The first-order valence-electron chi connectivity index (χ1n) is 8.02. The normalized spacial score (nSPS) is 14.9. The van der Waals surface area contributed by atoms with Crippen LogP contribution in [0.25, 0.3) is 6.08 Å². The van der Waals surface area contributed by atoms with Gasteiger partial charge in [0.1, 0.15) is 0 Å². The molecule has 1 saturated carbocycles. The molecule has 3 aromatic carbocycles. The van der Waals surface area contributed by atoms with E-state index in [0.717, 1.165) is 6.42 Å². The molecule has 0 saturated heterocycles. The van der Waals surface area contributed by atoms with Crippen LogP contribution >= 0.6 is 0 Å². The molecule has 0 aromatic heterocycles. The van der Waals surface area contributed by atoms with Crippen LogP contribution in [0.5, 0.6) is 0 Å². The van der Waals surface area contributed by atoms with E-state index in [9.17, 15) is 0 Å². The number of hydrogen-bond donors (Lipinski definition) is 0. The van der Waals surface area contributed by atoms with Crippen molar-refractivity contribution in [1.82, 2.24) is 0 Å². The Bertz CT molecular complexity index is 812. The lowest BCUT2D eigenvalue weighted by atomic mass is 9.87. The molecule has 4 rings (SSSR count). The fraction of sp³-hybridized carbons (Fsp3) is 0.0870. The Kier molecular flexibility index (Phi) is 3.46. The minimum absolute atomic E-state index is 0.00774. The van der Waals surface area contributed by atoms with Crippen LogP contribution in [0.4, 0.5) is 0 Å². The molecule has 23 heavy (non-hydrogen) atoms. The third kappa shape index (κ3) is 2.54. The molecule has 0 N–H and O–H groups in total. The molecular weight excluding hydrogens is 276 g/mol. The van der Waals surface area contributed by atoms with E-state index in [-0.39, 0.29) is 5.41 Å². The molecule has 0 unspecified atom stereocenters. The van der Waals surface area contributed by atoms with Gasteiger partial charge in [-0.15, -0.1) is 5.73 Å². The summed E-state index contributed by atoms with van der Waals surface area (Å²) in [7, 11) is 0. The minimum atomic E-state index is 0.00774. The summed E-state index contributed by atoms with van der Waals surface area (Å²) >= 11 is 0. The average Bonchev–Trinajstić information content (AvgIpc) is 3.38. The van der Waals surface area contributed by atoms with Crippen molar-refractivity contribution in [1.29, 1.82) is 0 Å².